The maximum atomic E-state index is 13.1. The molecule has 0 saturated heterocycles. The summed E-state index contributed by atoms with van der Waals surface area (Å²) in [5, 5.41) is 3.16. The molecule has 1 aliphatic rings. The lowest BCUT2D eigenvalue weighted by atomic mass is 10.3. The van der Waals surface area contributed by atoms with Crippen molar-refractivity contribution in [2.45, 2.75) is 18.8 Å². The van der Waals surface area contributed by atoms with Crippen molar-refractivity contribution in [2.75, 3.05) is 11.1 Å². The zero-order valence-electron chi connectivity index (χ0n) is 10.0. The van der Waals surface area contributed by atoms with Crippen molar-refractivity contribution in [3.63, 3.8) is 0 Å². The smallest absolute Gasteiger partial charge is 0.136 e. The van der Waals surface area contributed by atoms with Gasteiger partial charge in [-0.1, -0.05) is 0 Å². The average molecular weight is 370 g/mol. The number of halogens is 2. The zero-order chi connectivity index (χ0) is 13.4. The van der Waals surface area contributed by atoms with Gasteiger partial charge in [0.2, 0.25) is 0 Å². The number of nitrogen functional groups attached to an aromatic ring is 1. The van der Waals surface area contributed by atoms with Crippen molar-refractivity contribution in [3.8, 4) is 0 Å². The highest BCUT2D eigenvalue weighted by atomic mass is 127. The predicted octanol–water partition coefficient (Wildman–Crippen LogP) is 3.42. The Labute approximate surface area is 123 Å². The van der Waals surface area contributed by atoms with Crippen LogP contribution < -0.4 is 11.1 Å². The summed E-state index contributed by atoms with van der Waals surface area (Å²) in [7, 11) is 0. The van der Waals surface area contributed by atoms with Gasteiger partial charge in [-0.15, -0.1) is 0 Å². The second-order valence-electron chi connectivity index (χ2n) is 4.56. The first-order chi connectivity index (χ1) is 9.11. The van der Waals surface area contributed by atoms with E-state index in [1.165, 1.54) is 12.1 Å². The molecule has 19 heavy (non-hydrogen) atoms. The number of aromatic nitrogens is 2. The van der Waals surface area contributed by atoms with Gasteiger partial charge in [-0.05, 0) is 53.6 Å². The van der Waals surface area contributed by atoms with E-state index in [0.717, 1.165) is 27.9 Å². The Kier molecular flexibility index (Phi) is 3.26. The SMILES string of the molecule is Nc1cc(Nc2ccc(F)cc2I)nc(C2CC2)n1. The molecule has 4 nitrogen and oxygen atoms in total. The van der Waals surface area contributed by atoms with E-state index in [9.17, 15) is 4.39 Å². The third-order valence-electron chi connectivity index (χ3n) is 2.90. The summed E-state index contributed by atoms with van der Waals surface area (Å²) in [6.45, 7) is 0. The fraction of sp³-hybridized carbons (Fsp3) is 0.231. The van der Waals surface area contributed by atoms with Crippen LogP contribution in [0.5, 0.6) is 0 Å². The molecule has 0 bridgehead atoms. The molecule has 1 aliphatic carbocycles. The lowest BCUT2D eigenvalue weighted by molar-refractivity contribution is 0.627. The minimum absolute atomic E-state index is 0.254. The number of hydrogen-bond acceptors (Lipinski definition) is 4. The summed E-state index contributed by atoms with van der Waals surface area (Å²) in [6.07, 6.45) is 2.24. The normalized spacial score (nSPS) is 14.4. The molecule has 0 amide bonds. The summed E-state index contributed by atoms with van der Waals surface area (Å²) in [5.74, 6) is 2.09. The van der Waals surface area contributed by atoms with Gasteiger partial charge < -0.3 is 11.1 Å². The zero-order valence-corrected chi connectivity index (χ0v) is 12.2. The summed E-state index contributed by atoms with van der Waals surface area (Å²) in [5.41, 5.74) is 6.60. The Morgan fingerprint density at radius 2 is 2.05 bits per heavy atom. The first-order valence-corrected chi connectivity index (χ1v) is 7.06. The van der Waals surface area contributed by atoms with Crippen molar-refractivity contribution in [1.82, 2.24) is 9.97 Å². The number of nitrogens with one attached hydrogen (secondary N) is 1. The standard InChI is InChI=1S/C13H12FIN4/c14-8-3-4-10(9(15)5-8)17-12-6-11(16)18-13(19-12)7-1-2-7/h3-7H,1-2H2,(H3,16,17,18,19). The maximum absolute atomic E-state index is 13.1. The van der Waals surface area contributed by atoms with Crippen molar-refractivity contribution in [3.05, 3.63) is 39.5 Å². The van der Waals surface area contributed by atoms with Crippen LogP contribution in [0.3, 0.4) is 0 Å². The first-order valence-electron chi connectivity index (χ1n) is 5.98. The van der Waals surface area contributed by atoms with E-state index in [4.69, 9.17) is 5.73 Å². The van der Waals surface area contributed by atoms with E-state index in [0.29, 0.717) is 17.6 Å². The lowest BCUT2D eigenvalue weighted by Gasteiger charge is -2.09. The van der Waals surface area contributed by atoms with Gasteiger partial charge in [0.15, 0.2) is 0 Å². The minimum Gasteiger partial charge on any atom is -0.384 e. The number of nitrogens with two attached hydrogens (primary N) is 1. The van der Waals surface area contributed by atoms with E-state index in [2.05, 4.69) is 37.9 Å². The van der Waals surface area contributed by atoms with Gasteiger partial charge in [0.25, 0.3) is 0 Å². The molecule has 3 N–H and O–H groups in total. The van der Waals surface area contributed by atoms with E-state index in [1.807, 2.05) is 0 Å². The third-order valence-corrected chi connectivity index (χ3v) is 3.79. The number of nitrogens with zero attached hydrogens (tertiary/aromatic N) is 2. The molecule has 3 rings (SSSR count). The molecule has 0 radical (unpaired) electrons. The molecular formula is C13H12FIN4. The predicted molar refractivity (Wildman–Crippen MR) is 80.8 cm³/mol. The maximum Gasteiger partial charge on any atom is 0.136 e. The van der Waals surface area contributed by atoms with Gasteiger partial charge in [-0.25, -0.2) is 14.4 Å². The molecule has 0 unspecified atom stereocenters. The molecule has 1 heterocycles. The van der Waals surface area contributed by atoms with E-state index >= 15 is 0 Å². The monoisotopic (exact) mass is 370 g/mol. The van der Waals surface area contributed by atoms with Crippen molar-refractivity contribution >= 4 is 39.9 Å². The van der Waals surface area contributed by atoms with Crippen LogP contribution in [0, 0.1) is 9.39 Å². The summed E-state index contributed by atoms with van der Waals surface area (Å²) in [6, 6.07) is 6.25. The third kappa shape index (κ3) is 2.94. The summed E-state index contributed by atoms with van der Waals surface area (Å²) in [4.78, 5) is 8.69. The highest BCUT2D eigenvalue weighted by Gasteiger charge is 2.27. The minimum atomic E-state index is -0.254. The molecule has 0 atom stereocenters. The fourth-order valence-electron chi connectivity index (χ4n) is 1.80. The molecule has 1 aromatic heterocycles. The van der Waals surface area contributed by atoms with Crippen molar-refractivity contribution in [1.29, 1.82) is 0 Å². The van der Waals surface area contributed by atoms with Gasteiger partial charge >= 0.3 is 0 Å². The number of rotatable bonds is 3. The topological polar surface area (TPSA) is 63.8 Å². The van der Waals surface area contributed by atoms with E-state index in [-0.39, 0.29) is 5.82 Å². The molecule has 98 valence electrons. The van der Waals surface area contributed by atoms with E-state index in [1.54, 1.807) is 12.1 Å². The Morgan fingerprint density at radius 1 is 1.26 bits per heavy atom. The fourth-order valence-corrected chi connectivity index (χ4v) is 2.41. The molecule has 0 aliphatic heterocycles. The van der Waals surface area contributed by atoms with Crippen LogP contribution in [-0.4, -0.2) is 9.97 Å². The van der Waals surface area contributed by atoms with Crippen LogP contribution in [0.25, 0.3) is 0 Å². The molecule has 6 heteroatoms. The van der Waals surface area contributed by atoms with Crippen molar-refractivity contribution < 1.29 is 4.39 Å². The highest BCUT2D eigenvalue weighted by molar-refractivity contribution is 14.1. The van der Waals surface area contributed by atoms with Crippen LogP contribution in [0.2, 0.25) is 0 Å². The van der Waals surface area contributed by atoms with Gasteiger partial charge in [-0.3, -0.25) is 0 Å². The number of benzene rings is 1. The Hall–Kier alpha value is -1.44. The quantitative estimate of drug-likeness (QED) is 0.813. The second kappa shape index (κ2) is 4.92. The highest BCUT2D eigenvalue weighted by Crippen LogP contribution is 2.38. The first kappa shape index (κ1) is 12.6. The second-order valence-corrected chi connectivity index (χ2v) is 5.72. The van der Waals surface area contributed by atoms with E-state index < -0.39 is 0 Å². The molecule has 1 saturated carbocycles. The molecule has 1 fully saturated rings. The van der Waals surface area contributed by atoms with Crippen LogP contribution in [0.15, 0.2) is 24.3 Å². The van der Waals surface area contributed by atoms with Crippen LogP contribution >= 0.6 is 22.6 Å². The summed E-state index contributed by atoms with van der Waals surface area (Å²) < 4.78 is 13.8. The Bertz CT molecular complexity index is 628. The van der Waals surface area contributed by atoms with Gasteiger partial charge in [-0.2, -0.15) is 0 Å². The van der Waals surface area contributed by atoms with Crippen LogP contribution in [0.1, 0.15) is 24.6 Å². The van der Waals surface area contributed by atoms with Gasteiger partial charge in [0, 0.05) is 15.6 Å². The number of hydrogen-bond donors (Lipinski definition) is 2. The van der Waals surface area contributed by atoms with Crippen molar-refractivity contribution in [2.24, 2.45) is 0 Å². The molecule has 2 aromatic rings. The molecule has 1 aromatic carbocycles. The Morgan fingerprint density at radius 3 is 2.74 bits per heavy atom. The lowest BCUT2D eigenvalue weighted by Crippen LogP contribution is -2.03. The Balaban J connectivity index is 1.89. The average Bonchev–Trinajstić information content (AvgIpc) is 3.16. The van der Waals surface area contributed by atoms with Crippen LogP contribution in [-0.2, 0) is 0 Å². The number of anilines is 3. The summed E-state index contributed by atoms with van der Waals surface area (Å²) >= 11 is 2.08. The largest absolute Gasteiger partial charge is 0.384 e. The van der Waals surface area contributed by atoms with Crippen LogP contribution in [0.4, 0.5) is 21.7 Å². The van der Waals surface area contributed by atoms with Gasteiger partial charge in [0.05, 0.1) is 5.69 Å². The molecular weight excluding hydrogens is 358 g/mol. The molecule has 0 spiro atoms. The van der Waals surface area contributed by atoms with Gasteiger partial charge in [0.1, 0.15) is 23.3 Å².